The molecule has 0 atom stereocenters. The summed E-state index contributed by atoms with van der Waals surface area (Å²) in [6.45, 7) is 0. The van der Waals surface area contributed by atoms with Crippen LogP contribution in [0.3, 0.4) is 0 Å². The van der Waals surface area contributed by atoms with E-state index in [0.717, 1.165) is 16.2 Å². The van der Waals surface area contributed by atoms with Crippen LogP contribution in [0.4, 0.5) is 0 Å². The molecule has 1 aromatic heterocycles. The van der Waals surface area contributed by atoms with Gasteiger partial charge in [-0.2, -0.15) is 0 Å². The summed E-state index contributed by atoms with van der Waals surface area (Å²) in [5.74, 6) is -0.143. The molecule has 0 fully saturated rings. The summed E-state index contributed by atoms with van der Waals surface area (Å²) >= 11 is 1.52. The summed E-state index contributed by atoms with van der Waals surface area (Å²) in [5, 5.41) is 9.04. The fraction of sp³-hybridized carbons (Fsp3) is 0.0769. The monoisotopic (exact) mass is 245 g/mol. The summed E-state index contributed by atoms with van der Waals surface area (Å²) in [4.78, 5) is 15.7. The van der Waals surface area contributed by atoms with Gasteiger partial charge < -0.3 is 5.11 Å². The number of carbonyl (C=O) groups is 1. The van der Waals surface area contributed by atoms with E-state index in [9.17, 15) is 4.79 Å². The highest BCUT2D eigenvalue weighted by atomic mass is 32.2. The first-order valence-electron chi connectivity index (χ1n) is 5.11. The fourth-order valence-electron chi connectivity index (χ4n) is 1.41. The summed E-state index contributed by atoms with van der Waals surface area (Å²) in [6.07, 6.45) is 3.47. The minimum Gasteiger partial charge on any atom is -0.478 e. The zero-order valence-corrected chi connectivity index (χ0v) is 9.85. The Labute approximate surface area is 104 Å². The van der Waals surface area contributed by atoms with Crippen molar-refractivity contribution in [3.8, 4) is 0 Å². The van der Waals surface area contributed by atoms with Crippen LogP contribution in [0.15, 0.2) is 53.7 Å². The highest BCUT2D eigenvalue weighted by Gasteiger charge is 2.08. The van der Waals surface area contributed by atoms with Crippen molar-refractivity contribution in [2.24, 2.45) is 0 Å². The van der Waals surface area contributed by atoms with E-state index in [0.29, 0.717) is 5.56 Å². The molecule has 0 aliphatic carbocycles. The van der Waals surface area contributed by atoms with Crippen LogP contribution in [-0.4, -0.2) is 16.1 Å². The van der Waals surface area contributed by atoms with Crippen LogP contribution < -0.4 is 0 Å². The molecule has 86 valence electrons. The lowest BCUT2D eigenvalue weighted by Gasteiger charge is -2.05. The predicted molar refractivity (Wildman–Crippen MR) is 67.2 cm³/mol. The van der Waals surface area contributed by atoms with Crippen LogP contribution in [-0.2, 0) is 5.75 Å². The average Bonchev–Trinajstić information content (AvgIpc) is 2.38. The van der Waals surface area contributed by atoms with Crippen LogP contribution in [0.2, 0.25) is 0 Å². The smallest absolute Gasteiger partial charge is 0.336 e. The Bertz CT molecular complexity index is 514. The minimum atomic E-state index is -0.886. The van der Waals surface area contributed by atoms with Crippen molar-refractivity contribution in [1.82, 2.24) is 4.98 Å². The molecule has 1 N–H and O–H groups in total. The molecule has 17 heavy (non-hydrogen) atoms. The Hall–Kier alpha value is -1.81. The first kappa shape index (κ1) is 11.7. The normalized spacial score (nSPS) is 10.1. The lowest BCUT2D eigenvalue weighted by Crippen LogP contribution is -1.98. The van der Waals surface area contributed by atoms with Crippen LogP contribution in [0.25, 0.3) is 0 Å². The molecule has 0 spiro atoms. The summed E-state index contributed by atoms with van der Waals surface area (Å²) in [5.41, 5.74) is 1.48. The van der Waals surface area contributed by atoms with Crippen molar-refractivity contribution in [3.05, 3.63) is 59.9 Å². The molecular formula is C13H11NO2S. The highest BCUT2D eigenvalue weighted by molar-refractivity contribution is 7.98. The van der Waals surface area contributed by atoms with E-state index in [4.69, 9.17) is 5.11 Å². The van der Waals surface area contributed by atoms with Crippen molar-refractivity contribution in [2.75, 3.05) is 0 Å². The molecular weight excluding hydrogens is 234 g/mol. The first-order chi connectivity index (χ1) is 8.27. The van der Waals surface area contributed by atoms with Gasteiger partial charge in [0.05, 0.1) is 5.56 Å². The third kappa shape index (κ3) is 3.07. The highest BCUT2D eigenvalue weighted by Crippen LogP contribution is 2.25. The molecule has 0 aliphatic rings. The second-order valence-electron chi connectivity index (χ2n) is 3.45. The summed E-state index contributed by atoms with van der Waals surface area (Å²) in [6, 6.07) is 10.9. The molecule has 1 aromatic carbocycles. The maximum atomic E-state index is 11.0. The van der Waals surface area contributed by atoms with E-state index in [1.807, 2.05) is 24.3 Å². The van der Waals surface area contributed by atoms with Gasteiger partial charge in [0, 0.05) is 23.0 Å². The van der Waals surface area contributed by atoms with Crippen LogP contribution in [0.5, 0.6) is 0 Å². The Balaban J connectivity index is 2.12. The number of carboxylic acid groups (broad SMARTS) is 1. The molecule has 0 saturated heterocycles. The molecule has 0 amide bonds. The molecule has 4 heteroatoms. The van der Waals surface area contributed by atoms with Crippen molar-refractivity contribution in [2.45, 2.75) is 10.6 Å². The van der Waals surface area contributed by atoms with Crippen LogP contribution in [0, 0.1) is 0 Å². The Morgan fingerprint density at radius 2 is 1.88 bits per heavy atom. The SMILES string of the molecule is O=C(O)c1ccccc1SCc1ccncc1. The standard InChI is InChI=1S/C13H11NO2S/c15-13(16)11-3-1-2-4-12(11)17-9-10-5-7-14-8-6-10/h1-8H,9H2,(H,15,16). The first-order valence-corrected chi connectivity index (χ1v) is 6.10. The Kier molecular flexibility index (Phi) is 3.77. The zero-order chi connectivity index (χ0) is 12.1. The average molecular weight is 245 g/mol. The number of hydrogen-bond donors (Lipinski definition) is 1. The van der Waals surface area contributed by atoms with Gasteiger partial charge in [0.2, 0.25) is 0 Å². The maximum absolute atomic E-state index is 11.0. The zero-order valence-electron chi connectivity index (χ0n) is 9.04. The van der Waals surface area contributed by atoms with Gasteiger partial charge >= 0.3 is 5.97 Å². The number of pyridine rings is 1. The van der Waals surface area contributed by atoms with E-state index < -0.39 is 5.97 Å². The van der Waals surface area contributed by atoms with E-state index in [-0.39, 0.29) is 0 Å². The van der Waals surface area contributed by atoms with Crippen molar-refractivity contribution in [1.29, 1.82) is 0 Å². The molecule has 0 unspecified atom stereocenters. The van der Waals surface area contributed by atoms with Gasteiger partial charge in [-0.25, -0.2) is 4.79 Å². The van der Waals surface area contributed by atoms with Gasteiger partial charge in [0.1, 0.15) is 0 Å². The molecule has 0 aliphatic heterocycles. The third-order valence-electron chi connectivity index (χ3n) is 2.26. The number of hydrogen-bond acceptors (Lipinski definition) is 3. The predicted octanol–water partition coefficient (Wildman–Crippen LogP) is 3.07. The summed E-state index contributed by atoms with van der Waals surface area (Å²) in [7, 11) is 0. The largest absolute Gasteiger partial charge is 0.478 e. The van der Waals surface area contributed by atoms with E-state index in [1.54, 1.807) is 24.5 Å². The second kappa shape index (κ2) is 5.50. The molecule has 0 bridgehead atoms. The number of aromatic carboxylic acids is 1. The molecule has 0 radical (unpaired) electrons. The number of rotatable bonds is 4. The van der Waals surface area contributed by atoms with E-state index in [1.165, 1.54) is 11.8 Å². The van der Waals surface area contributed by atoms with Gasteiger partial charge in [-0.1, -0.05) is 12.1 Å². The quantitative estimate of drug-likeness (QED) is 0.841. The topological polar surface area (TPSA) is 50.2 Å². The molecule has 0 saturated carbocycles. The lowest BCUT2D eigenvalue weighted by molar-refractivity contribution is 0.0693. The van der Waals surface area contributed by atoms with Gasteiger partial charge in [-0.15, -0.1) is 11.8 Å². The van der Waals surface area contributed by atoms with Crippen molar-refractivity contribution in [3.63, 3.8) is 0 Å². The second-order valence-corrected chi connectivity index (χ2v) is 4.46. The molecule has 3 nitrogen and oxygen atoms in total. The van der Waals surface area contributed by atoms with Crippen molar-refractivity contribution >= 4 is 17.7 Å². The molecule has 2 rings (SSSR count). The number of aromatic nitrogens is 1. The number of carboxylic acids is 1. The van der Waals surface area contributed by atoms with Gasteiger partial charge in [-0.3, -0.25) is 4.98 Å². The maximum Gasteiger partial charge on any atom is 0.336 e. The number of benzene rings is 1. The number of nitrogens with zero attached hydrogens (tertiary/aromatic N) is 1. The fourth-order valence-corrected chi connectivity index (χ4v) is 2.41. The third-order valence-corrected chi connectivity index (χ3v) is 3.41. The van der Waals surface area contributed by atoms with E-state index in [2.05, 4.69) is 4.98 Å². The Morgan fingerprint density at radius 3 is 2.59 bits per heavy atom. The minimum absolute atomic E-state index is 0.353. The number of thioether (sulfide) groups is 1. The van der Waals surface area contributed by atoms with E-state index >= 15 is 0 Å². The van der Waals surface area contributed by atoms with Gasteiger partial charge in [0.15, 0.2) is 0 Å². The molecule has 1 heterocycles. The van der Waals surface area contributed by atoms with Gasteiger partial charge in [0.25, 0.3) is 0 Å². The van der Waals surface area contributed by atoms with Gasteiger partial charge in [-0.05, 0) is 29.8 Å². The Morgan fingerprint density at radius 1 is 1.18 bits per heavy atom. The van der Waals surface area contributed by atoms with Crippen molar-refractivity contribution < 1.29 is 9.90 Å². The summed E-state index contributed by atoms with van der Waals surface area (Å²) < 4.78 is 0. The molecule has 2 aromatic rings. The lowest BCUT2D eigenvalue weighted by atomic mass is 10.2. The van der Waals surface area contributed by atoms with Crippen LogP contribution in [0.1, 0.15) is 15.9 Å². The van der Waals surface area contributed by atoms with Crippen LogP contribution >= 0.6 is 11.8 Å².